The first kappa shape index (κ1) is 15.5. The average Bonchev–Trinajstić information content (AvgIpc) is 2.89. The predicted octanol–water partition coefficient (Wildman–Crippen LogP) is 2.67. The van der Waals surface area contributed by atoms with E-state index in [0.717, 1.165) is 11.3 Å². The molecule has 0 aliphatic rings. The first-order chi connectivity index (χ1) is 10.0. The van der Waals surface area contributed by atoms with E-state index in [1.165, 1.54) is 0 Å². The summed E-state index contributed by atoms with van der Waals surface area (Å²) in [6, 6.07) is 7.75. The highest BCUT2D eigenvalue weighted by molar-refractivity contribution is 6.32. The Bertz CT molecular complexity index is 626. The van der Waals surface area contributed by atoms with Crippen LogP contribution in [0, 0.1) is 6.92 Å². The van der Waals surface area contributed by atoms with Gasteiger partial charge in [0.1, 0.15) is 11.7 Å². The van der Waals surface area contributed by atoms with Crippen LogP contribution in [0.1, 0.15) is 24.7 Å². The lowest BCUT2D eigenvalue weighted by atomic mass is 10.1. The van der Waals surface area contributed by atoms with E-state index in [-0.39, 0.29) is 5.91 Å². The highest BCUT2D eigenvalue weighted by Crippen LogP contribution is 2.23. The van der Waals surface area contributed by atoms with Crippen molar-refractivity contribution in [3.63, 3.8) is 0 Å². The number of rotatable bonds is 5. The van der Waals surface area contributed by atoms with Crippen LogP contribution >= 0.6 is 11.6 Å². The molecule has 0 aliphatic heterocycles. The summed E-state index contributed by atoms with van der Waals surface area (Å²) in [5.74, 6) is 0.600. The highest BCUT2D eigenvalue weighted by atomic mass is 35.5. The van der Waals surface area contributed by atoms with E-state index in [1.807, 2.05) is 45.2 Å². The molecule has 0 saturated heterocycles. The van der Waals surface area contributed by atoms with Crippen molar-refractivity contribution in [2.75, 3.05) is 4.90 Å². The van der Waals surface area contributed by atoms with Crippen molar-refractivity contribution in [2.45, 2.75) is 32.2 Å². The first-order valence-corrected chi connectivity index (χ1v) is 7.32. The van der Waals surface area contributed by atoms with Crippen LogP contribution in [0.5, 0.6) is 0 Å². The maximum atomic E-state index is 12.6. The lowest BCUT2D eigenvalue weighted by Gasteiger charge is -2.25. The Hall–Kier alpha value is -1.88. The van der Waals surface area contributed by atoms with Gasteiger partial charge in [0.05, 0.1) is 6.54 Å². The first-order valence-electron chi connectivity index (χ1n) is 6.88. The quantitative estimate of drug-likeness (QED) is 0.798. The third-order valence-electron chi connectivity index (χ3n) is 3.40. The molecule has 0 radical (unpaired) electrons. The molecule has 1 amide bonds. The van der Waals surface area contributed by atoms with Crippen LogP contribution in [0.25, 0.3) is 0 Å². The zero-order valence-corrected chi connectivity index (χ0v) is 13.2. The summed E-state index contributed by atoms with van der Waals surface area (Å²) in [5.41, 5.74) is 1.87. The Labute approximate surface area is 129 Å². The van der Waals surface area contributed by atoms with E-state index in [0.29, 0.717) is 18.8 Å². The Morgan fingerprint density at radius 1 is 1.43 bits per heavy atom. The van der Waals surface area contributed by atoms with Gasteiger partial charge in [-0.1, -0.05) is 25.1 Å². The number of hydrogen-bond acceptors (Lipinski definition) is 3. The molecular formula is C15H19ClN4O. The van der Waals surface area contributed by atoms with Crippen molar-refractivity contribution in [2.24, 2.45) is 7.05 Å². The molecule has 0 N–H and O–H groups in total. The maximum absolute atomic E-state index is 12.6. The van der Waals surface area contributed by atoms with Gasteiger partial charge >= 0.3 is 0 Å². The van der Waals surface area contributed by atoms with Crippen LogP contribution in [0.2, 0.25) is 0 Å². The minimum Gasteiger partial charge on any atom is -0.319 e. The zero-order chi connectivity index (χ0) is 15.4. The summed E-state index contributed by atoms with van der Waals surface area (Å²) in [6.07, 6.45) is 2.20. The minimum absolute atomic E-state index is 0.114. The van der Waals surface area contributed by atoms with Crippen molar-refractivity contribution < 1.29 is 4.79 Å². The molecule has 2 rings (SSSR count). The summed E-state index contributed by atoms with van der Waals surface area (Å²) < 4.78 is 1.80. The molecule has 5 nitrogen and oxygen atoms in total. The van der Waals surface area contributed by atoms with Gasteiger partial charge < -0.3 is 9.47 Å². The maximum Gasteiger partial charge on any atom is 0.245 e. The zero-order valence-electron chi connectivity index (χ0n) is 12.5. The predicted molar refractivity (Wildman–Crippen MR) is 83.3 cm³/mol. The minimum atomic E-state index is -0.544. The number of amides is 1. The second-order valence-electron chi connectivity index (χ2n) is 4.94. The number of hydrogen-bond donors (Lipinski definition) is 0. The topological polar surface area (TPSA) is 51.0 Å². The van der Waals surface area contributed by atoms with Gasteiger partial charge in [-0.2, -0.15) is 0 Å². The van der Waals surface area contributed by atoms with E-state index in [4.69, 9.17) is 11.6 Å². The monoisotopic (exact) mass is 306 g/mol. The highest BCUT2D eigenvalue weighted by Gasteiger charge is 2.24. The second kappa shape index (κ2) is 6.72. The summed E-state index contributed by atoms with van der Waals surface area (Å²) in [4.78, 5) is 14.3. The largest absolute Gasteiger partial charge is 0.319 e. The molecule has 0 fully saturated rings. The second-order valence-corrected chi connectivity index (χ2v) is 5.47. The molecule has 1 unspecified atom stereocenters. The van der Waals surface area contributed by atoms with Crippen LogP contribution in [-0.2, 0) is 18.4 Å². The molecule has 0 saturated carbocycles. The number of halogens is 1. The van der Waals surface area contributed by atoms with Gasteiger partial charge in [-0.3, -0.25) is 4.79 Å². The van der Waals surface area contributed by atoms with E-state index >= 15 is 0 Å². The third-order valence-corrected chi connectivity index (χ3v) is 3.90. The molecule has 0 spiro atoms. The molecule has 2 aromatic rings. The van der Waals surface area contributed by atoms with Crippen LogP contribution in [0.3, 0.4) is 0 Å². The van der Waals surface area contributed by atoms with Gasteiger partial charge in [-0.05, 0) is 25.0 Å². The third kappa shape index (κ3) is 3.42. The molecule has 1 heterocycles. The summed E-state index contributed by atoms with van der Waals surface area (Å²) in [5, 5.41) is 7.37. The Balaban J connectivity index is 2.37. The molecule has 112 valence electrons. The fraction of sp³-hybridized carbons (Fsp3) is 0.400. The molecule has 1 aromatic heterocycles. The summed E-state index contributed by atoms with van der Waals surface area (Å²) >= 11 is 6.16. The lowest BCUT2D eigenvalue weighted by molar-refractivity contribution is -0.118. The number of aromatic nitrogens is 3. The van der Waals surface area contributed by atoms with Gasteiger partial charge in [0.15, 0.2) is 5.82 Å². The molecule has 0 bridgehead atoms. The standard InChI is InChI=1S/C15H19ClN4O/c1-4-12(16)15(21)20(9-14-18-17-10-19(14)3)13-8-6-5-7-11(13)2/h5-8,10,12H,4,9H2,1-3H3. The van der Waals surface area contributed by atoms with Gasteiger partial charge in [-0.25, -0.2) is 0 Å². The summed E-state index contributed by atoms with van der Waals surface area (Å²) in [7, 11) is 1.85. The number of para-hydroxylation sites is 1. The van der Waals surface area contributed by atoms with Crippen LogP contribution in [0.15, 0.2) is 30.6 Å². The number of aryl methyl sites for hydroxylation is 2. The van der Waals surface area contributed by atoms with E-state index in [1.54, 1.807) is 15.8 Å². The van der Waals surface area contributed by atoms with Gasteiger partial charge in [0.25, 0.3) is 0 Å². The fourth-order valence-electron chi connectivity index (χ4n) is 2.08. The van der Waals surface area contributed by atoms with Crippen molar-refractivity contribution in [3.8, 4) is 0 Å². The van der Waals surface area contributed by atoms with Crippen molar-refractivity contribution in [1.29, 1.82) is 0 Å². The van der Waals surface area contributed by atoms with Gasteiger partial charge in [0, 0.05) is 12.7 Å². The number of anilines is 1. The lowest BCUT2D eigenvalue weighted by Crippen LogP contribution is -2.37. The van der Waals surface area contributed by atoms with E-state index in [2.05, 4.69) is 10.2 Å². The number of carbonyl (C=O) groups is 1. The van der Waals surface area contributed by atoms with Crippen LogP contribution in [0.4, 0.5) is 5.69 Å². The Morgan fingerprint density at radius 3 is 2.71 bits per heavy atom. The number of benzene rings is 1. The number of nitrogens with zero attached hydrogens (tertiary/aromatic N) is 4. The van der Waals surface area contributed by atoms with E-state index < -0.39 is 5.38 Å². The van der Waals surface area contributed by atoms with E-state index in [9.17, 15) is 4.79 Å². The van der Waals surface area contributed by atoms with Crippen LogP contribution < -0.4 is 4.90 Å². The smallest absolute Gasteiger partial charge is 0.245 e. The number of alkyl halides is 1. The molecule has 21 heavy (non-hydrogen) atoms. The Morgan fingerprint density at radius 2 is 2.14 bits per heavy atom. The van der Waals surface area contributed by atoms with Crippen molar-refractivity contribution in [3.05, 3.63) is 42.0 Å². The molecule has 1 atom stereocenters. The van der Waals surface area contributed by atoms with Crippen molar-refractivity contribution >= 4 is 23.2 Å². The molecular weight excluding hydrogens is 288 g/mol. The summed E-state index contributed by atoms with van der Waals surface area (Å²) in [6.45, 7) is 4.22. The van der Waals surface area contributed by atoms with Gasteiger partial charge in [0.2, 0.25) is 5.91 Å². The van der Waals surface area contributed by atoms with Gasteiger partial charge in [-0.15, -0.1) is 21.8 Å². The Kier molecular flexibility index (Phi) is 4.96. The fourth-order valence-corrected chi connectivity index (χ4v) is 2.20. The molecule has 6 heteroatoms. The number of carbonyl (C=O) groups excluding carboxylic acids is 1. The molecule has 0 aliphatic carbocycles. The van der Waals surface area contributed by atoms with Crippen LogP contribution in [-0.4, -0.2) is 26.0 Å². The normalized spacial score (nSPS) is 12.2. The van der Waals surface area contributed by atoms with Crippen molar-refractivity contribution in [1.82, 2.24) is 14.8 Å². The molecule has 1 aromatic carbocycles. The SMILES string of the molecule is CCC(Cl)C(=O)N(Cc1nncn1C)c1ccccc1C. The average molecular weight is 307 g/mol.